The Hall–Kier alpha value is -2.34. The van der Waals surface area contributed by atoms with Gasteiger partial charge in [-0.25, -0.2) is 0 Å². The van der Waals surface area contributed by atoms with Crippen molar-refractivity contribution in [1.29, 1.82) is 5.26 Å². The molecule has 1 heterocycles. The second-order valence-corrected chi connectivity index (χ2v) is 3.58. The van der Waals surface area contributed by atoms with Crippen LogP contribution in [0.2, 0.25) is 0 Å². The van der Waals surface area contributed by atoms with Crippen LogP contribution >= 0.6 is 0 Å². The minimum Gasteiger partial charge on any atom is -0.358 e. The van der Waals surface area contributed by atoms with Gasteiger partial charge in [0.1, 0.15) is 0 Å². The predicted octanol–water partition coefficient (Wildman–Crippen LogP) is 2.37. The van der Waals surface area contributed by atoms with E-state index in [0.29, 0.717) is 5.39 Å². The van der Waals surface area contributed by atoms with Crippen molar-refractivity contribution in [1.82, 2.24) is 4.98 Å². The van der Waals surface area contributed by atoms with Crippen molar-refractivity contribution >= 4 is 17.0 Å². The first-order valence-electron chi connectivity index (χ1n) is 4.90. The Bertz CT molecular complexity index is 660. The van der Waals surface area contributed by atoms with Gasteiger partial charge in [0.2, 0.25) is 0 Å². The second kappa shape index (κ2) is 4.03. The molecule has 0 saturated carbocycles. The average molecular weight is 210 g/mol. The molecular formula is C13H10N2O. The highest BCUT2D eigenvalue weighted by molar-refractivity contribution is 5.81. The molecule has 78 valence electrons. The van der Waals surface area contributed by atoms with Gasteiger partial charge in [0, 0.05) is 28.7 Å². The molecule has 0 spiro atoms. The van der Waals surface area contributed by atoms with E-state index in [1.54, 1.807) is 18.2 Å². The first kappa shape index (κ1) is 10.2. The van der Waals surface area contributed by atoms with Crippen molar-refractivity contribution in [2.75, 3.05) is 0 Å². The number of nitriles is 1. The quantitative estimate of drug-likeness (QED) is 0.734. The number of benzene rings is 1. The number of H-pyrrole nitrogens is 1. The zero-order valence-corrected chi connectivity index (χ0v) is 8.82. The number of hydrogen-bond acceptors (Lipinski definition) is 2. The van der Waals surface area contributed by atoms with Gasteiger partial charge in [-0.15, -0.1) is 0 Å². The molecule has 0 radical (unpaired) electrons. The molecule has 1 aromatic heterocycles. The maximum absolute atomic E-state index is 11.7. The third-order valence-corrected chi connectivity index (χ3v) is 2.34. The lowest BCUT2D eigenvalue weighted by molar-refractivity contribution is 1.24. The highest BCUT2D eigenvalue weighted by atomic mass is 16.1. The monoisotopic (exact) mass is 210 g/mol. The molecular weight excluding hydrogens is 200 g/mol. The summed E-state index contributed by atoms with van der Waals surface area (Å²) in [5, 5.41) is 9.07. The summed E-state index contributed by atoms with van der Waals surface area (Å²) in [7, 11) is 0. The fourth-order valence-electron chi connectivity index (χ4n) is 1.63. The minimum atomic E-state index is -0.00143. The Labute approximate surface area is 92.7 Å². The van der Waals surface area contributed by atoms with Crippen LogP contribution in [0, 0.1) is 18.3 Å². The topological polar surface area (TPSA) is 56.6 Å². The van der Waals surface area contributed by atoms with Crippen LogP contribution in [0.4, 0.5) is 0 Å². The van der Waals surface area contributed by atoms with Crippen LogP contribution < -0.4 is 5.43 Å². The Morgan fingerprint density at radius 3 is 2.94 bits per heavy atom. The number of aromatic amines is 1. The Morgan fingerprint density at radius 1 is 1.38 bits per heavy atom. The molecule has 0 amide bonds. The number of nitrogens with zero attached hydrogens (tertiary/aromatic N) is 1. The largest absolute Gasteiger partial charge is 0.358 e. The number of rotatable bonds is 1. The van der Waals surface area contributed by atoms with E-state index >= 15 is 0 Å². The van der Waals surface area contributed by atoms with Gasteiger partial charge in [-0.05, 0) is 30.7 Å². The molecule has 3 nitrogen and oxygen atoms in total. The van der Waals surface area contributed by atoms with Crippen LogP contribution in [0.5, 0.6) is 0 Å². The third-order valence-electron chi connectivity index (χ3n) is 2.34. The zero-order chi connectivity index (χ0) is 11.5. The minimum absolute atomic E-state index is 0.00143. The Balaban J connectivity index is 2.68. The van der Waals surface area contributed by atoms with Gasteiger partial charge in [0.05, 0.1) is 6.07 Å². The fraction of sp³-hybridized carbons (Fsp3) is 0.0769. The maximum atomic E-state index is 11.7. The maximum Gasteiger partial charge on any atom is 0.189 e. The van der Waals surface area contributed by atoms with Crippen LogP contribution in [0.1, 0.15) is 11.3 Å². The van der Waals surface area contributed by atoms with Crippen LogP contribution in [-0.4, -0.2) is 4.98 Å². The molecule has 0 unspecified atom stereocenters. The summed E-state index contributed by atoms with van der Waals surface area (Å²) in [4.78, 5) is 14.8. The summed E-state index contributed by atoms with van der Waals surface area (Å²) >= 11 is 0. The number of fused-ring (bicyclic) bond motifs is 1. The summed E-state index contributed by atoms with van der Waals surface area (Å²) in [5.41, 5.74) is 2.51. The van der Waals surface area contributed by atoms with E-state index in [4.69, 9.17) is 5.26 Å². The van der Waals surface area contributed by atoms with Crippen LogP contribution in [-0.2, 0) is 0 Å². The molecule has 1 aromatic carbocycles. The number of pyridine rings is 1. The van der Waals surface area contributed by atoms with Crippen molar-refractivity contribution in [3.8, 4) is 6.07 Å². The highest BCUT2D eigenvalue weighted by Gasteiger charge is 1.99. The van der Waals surface area contributed by atoms with E-state index < -0.39 is 0 Å². The van der Waals surface area contributed by atoms with Gasteiger partial charge in [0.15, 0.2) is 5.43 Å². The number of aryl methyl sites for hydroxylation is 1. The molecule has 0 bridgehead atoms. The van der Waals surface area contributed by atoms with Gasteiger partial charge < -0.3 is 4.98 Å². The van der Waals surface area contributed by atoms with Gasteiger partial charge in [-0.2, -0.15) is 5.26 Å². The SMILES string of the molecule is Cc1cc(=O)c2cc(C=CC#N)ccc2[nH]1. The Morgan fingerprint density at radius 2 is 2.19 bits per heavy atom. The normalized spacial score (nSPS) is 10.8. The zero-order valence-electron chi connectivity index (χ0n) is 8.82. The van der Waals surface area contributed by atoms with E-state index in [2.05, 4.69) is 4.98 Å². The number of aromatic nitrogens is 1. The predicted molar refractivity (Wildman–Crippen MR) is 64.0 cm³/mol. The van der Waals surface area contributed by atoms with E-state index in [1.165, 1.54) is 6.08 Å². The van der Waals surface area contributed by atoms with Gasteiger partial charge in [0.25, 0.3) is 0 Å². The molecule has 0 aliphatic rings. The van der Waals surface area contributed by atoms with Gasteiger partial charge in [-0.1, -0.05) is 6.07 Å². The summed E-state index contributed by atoms with van der Waals surface area (Å²) in [6.07, 6.45) is 3.07. The number of nitrogens with one attached hydrogen (secondary N) is 1. The van der Waals surface area contributed by atoms with Gasteiger partial charge >= 0.3 is 0 Å². The fourth-order valence-corrected chi connectivity index (χ4v) is 1.63. The standard InChI is InChI=1S/C13H10N2O/c1-9-7-13(16)11-8-10(3-2-6-14)4-5-12(11)15-9/h2-5,7-8H,1H3,(H,15,16). The molecule has 2 rings (SSSR count). The molecule has 0 aliphatic carbocycles. The first-order chi connectivity index (χ1) is 7.70. The van der Waals surface area contributed by atoms with E-state index in [1.807, 2.05) is 25.1 Å². The van der Waals surface area contributed by atoms with E-state index in [0.717, 1.165) is 16.8 Å². The number of allylic oxidation sites excluding steroid dienone is 1. The molecule has 0 fully saturated rings. The lowest BCUT2D eigenvalue weighted by Crippen LogP contribution is -2.02. The van der Waals surface area contributed by atoms with Gasteiger partial charge in [-0.3, -0.25) is 4.79 Å². The molecule has 0 aliphatic heterocycles. The lowest BCUT2D eigenvalue weighted by atomic mass is 10.1. The first-order valence-corrected chi connectivity index (χ1v) is 4.90. The molecule has 3 heteroatoms. The summed E-state index contributed by atoms with van der Waals surface area (Å²) < 4.78 is 0. The lowest BCUT2D eigenvalue weighted by Gasteiger charge is -2.00. The number of hydrogen-bond donors (Lipinski definition) is 1. The summed E-state index contributed by atoms with van der Waals surface area (Å²) in [5.74, 6) is 0. The molecule has 2 aromatic rings. The van der Waals surface area contributed by atoms with Crippen LogP contribution in [0.15, 0.2) is 35.1 Å². The Kier molecular flexibility index (Phi) is 2.57. The smallest absolute Gasteiger partial charge is 0.189 e. The molecule has 0 saturated heterocycles. The van der Waals surface area contributed by atoms with E-state index in [9.17, 15) is 4.79 Å². The average Bonchev–Trinajstić information content (AvgIpc) is 2.26. The molecule has 1 N–H and O–H groups in total. The van der Waals surface area contributed by atoms with Crippen molar-refractivity contribution in [2.24, 2.45) is 0 Å². The molecule has 0 atom stereocenters. The van der Waals surface area contributed by atoms with Crippen LogP contribution in [0.3, 0.4) is 0 Å². The van der Waals surface area contributed by atoms with Crippen molar-refractivity contribution in [3.05, 3.63) is 51.8 Å². The third kappa shape index (κ3) is 1.86. The van der Waals surface area contributed by atoms with Crippen molar-refractivity contribution < 1.29 is 0 Å². The second-order valence-electron chi connectivity index (χ2n) is 3.58. The van der Waals surface area contributed by atoms with E-state index in [-0.39, 0.29) is 5.43 Å². The van der Waals surface area contributed by atoms with Crippen LogP contribution in [0.25, 0.3) is 17.0 Å². The van der Waals surface area contributed by atoms with Crippen molar-refractivity contribution in [2.45, 2.75) is 6.92 Å². The molecule has 16 heavy (non-hydrogen) atoms. The summed E-state index contributed by atoms with van der Waals surface area (Å²) in [6.45, 7) is 1.85. The summed E-state index contributed by atoms with van der Waals surface area (Å²) in [6, 6.07) is 8.98. The highest BCUT2D eigenvalue weighted by Crippen LogP contribution is 2.12. The van der Waals surface area contributed by atoms with Crippen molar-refractivity contribution in [3.63, 3.8) is 0 Å².